The number of benzene rings is 1. The molecule has 128 valence electrons. The first-order valence-corrected chi connectivity index (χ1v) is 7.86. The number of nitrogen functional groups attached to an aromatic ring is 1. The van der Waals surface area contributed by atoms with Crippen LogP contribution in [0.5, 0.6) is 11.5 Å². The lowest BCUT2D eigenvalue weighted by Crippen LogP contribution is -2.42. The molecule has 0 spiro atoms. The molecule has 1 fully saturated rings. The predicted molar refractivity (Wildman–Crippen MR) is 88.9 cm³/mol. The molecule has 0 aromatic heterocycles. The highest BCUT2D eigenvalue weighted by Crippen LogP contribution is 2.27. The average molecular weight is 322 g/mol. The maximum Gasteiger partial charge on any atom is 0.410 e. The number of rotatable bonds is 4. The molecule has 1 aliphatic rings. The predicted octanol–water partition coefficient (Wildman–Crippen LogP) is 3.06. The molecule has 6 nitrogen and oxygen atoms in total. The molecule has 2 rings (SSSR count). The van der Waals surface area contributed by atoms with Gasteiger partial charge in [-0.3, -0.25) is 0 Å². The monoisotopic (exact) mass is 322 g/mol. The highest BCUT2D eigenvalue weighted by molar-refractivity contribution is 5.69. The number of carbonyl (C=O) groups is 1. The number of hydrogen-bond donors (Lipinski definition) is 1. The third-order valence-corrected chi connectivity index (χ3v) is 3.65. The van der Waals surface area contributed by atoms with E-state index in [9.17, 15) is 4.79 Å². The molecule has 1 aromatic rings. The van der Waals surface area contributed by atoms with Crippen molar-refractivity contribution in [3.8, 4) is 11.5 Å². The Balaban J connectivity index is 1.95. The Morgan fingerprint density at radius 3 is 2.78 bits per heavy atom. The summed E-state index contributed by atoms with van der Waals surface area (Å²) < 4.78 is 16.4. The SMILES string of the molecule is COc1cc(OC[C@@H]2CCCN2C(=O)OC(C)(C)C)ccc1N. The first-order chi connectivity index (χ1) is 10.8. The van der Waals surface area contributed by atoms with Crippen molar-refractivity contribution in [1.29, 1.82) is 0 Å². The Morgan fingerprint density at radius 1 is 1.39 bits per heavy atom. The van der Waals surface area contributed by atoms with Gasteiger partial charge in [0.25, 0.3) is 0 Å². The number of nitrogens with zero attached hydrogens (tertiary/aromatic N) is 1. The Bertz CT molecular complexity index is 554. The number of carbonyl (C=O) groups excluding carboxylic acids is 1. The molecule has 0 radical (unpaired) electrons. The van der Waals surface area contributed by atoms with Crippen LogP contribution in [-0.2, 0) is 4.74 Å². The lowest BCUT2D eigenvalue weighted by atomic mass is 10.2. The number of likely N-dealkylation sites (tertiary alicyclic amines) is 1. The molecule has 0 unspecified atom stereocenters. The number of anilines is 1. The van der Waals surface area contributed by atoms with Gasteiger partial charge >= 0.3 is 6.09 Å². The summed E-state index contributed by atoms with van der Waals surface area (Å²) in [6.45, 7) is 6.73. The Hall–Kier alpha value is -2.11. The quantitative estimate of drug-likeness (QED) is 0.862. The van der Waals surface area contributed by atoms with Gasteiger partial charge < -0.3 is 24.8 Å². The molecule has 1 aliphatic heterocycles. The largest absolute Gasteiger partial charge is 0.494 e. The van der Waals surface area contributed by atoms with Gasteiger partial charge in [-0.1, -0.05) is 0 Å². The molecule has 1 aromatic carbocycles. The topological polar surface area (TPSA) is 74.0 Å². The maximum absolute atomic E-state index is 12.2. The molecule has 0 saturated carbocycles. The molecule has 2 N–H and O–H groups in total. The van der Waals surface area contributed by atoms with E-state index in [1.165, 1.54) is 0 Å². The van der Waals surface area contributed by atoms with E-state index in [1.807, 2.05) is 20.8 Å². The molecule has 1 amide bonds. The average Bonchev–Trinajstić information content (AvgIpc) is 2.93. The summed E-state index contributed by atoms with van der Waals surface area (Å²) in [6, 6.07) is 5.31. The van der Waals surface area contributed by atoms with Crippen molar-refractivity contribution in [3.05, 3.63) is 18.2 Å². The van der Waals surface area contributed by atoms with Crippen LogP contribution in [0, 0.1) is 0 Å². The zero-order valence-corrected chi connectivity index (χ0v) is 14.3. The number of methoxy groups -OCH3 is 1. The third kappa shape index (κ3) is 4.68. The number of nitrogens with two attached hydrogens (primary N) is 1. The van der Waals surface area contributed by atoms with Crippen LogP contribution < -0.4 is 15.2 Å². The summed E-state index contributed by atoms with van der Waals surface area (Å²) >= 11 is 0. The second kappa shape index (κ2) is 6.98. The summed E-state index contributed by atoms with van der Waals surface area (Å²) in [5.74, 6) is 1.25. The van der Waals surface area contributed by atoms with Crippen LogP contribution in [-0.4, -0.2) is 42.9 Å². The Kier molecular flexibility index (Phi) is 5.23. The van der Waals surface area contributed by atoms with Crippen molar-refractivity contribution in [2.45, 2.75) is 45.3 Å². The number of hydrogen-bond acceptors (Lipinski definition) is 5. The van der Waals surface area contributed by atoms with Crippen LogP contribution in [0.2, 0.25) is 0 Å². The van der Waals surface area contributed by atoms with Crippen LogP contribution in [0.3, 0.4) is 0 Å². The normalized spacial score (nSPS) is 17.9. The van der Waals surface area contributed by atoms with Crippen molar-refractivity contribution < 1.29 is 19.0 Å². The second-order valence-electron chi connectivity index (χ2n) is 6.68. The van der Waals surface area contributed by atoms with Gasteiger partial charge in [0.2, 0.25) is 0 Å². The van der Waals surface area contributed by atoms with Crippen LogP contribution in [0.4, 0.5) is 10.5 Å². The lowest BCUT2D eigenvalue weighted by Gasteiger charge is -2.28. The Labute approximate surface area is 137 Å². The minimum atomic E-state index is -0.491. The molecule has 23 heavy (non-hydrogen) atoms. The highest BCUT2D eigenvalue weighted by atomic mass is 16.6. The van der Waals surface area contributed by atoms with Gasteiger partial charge in [0.1, 0.15) is 23.7 Å². The van der Waals surface area contributed by atoms with Crippen molar-refractivity contribution in [3.63, 3.8) is 0 Å². The van der Waals surface area contributed by atoms with E-state index in [2.05, 4.69) is 0 Å². The molecular formula is C17H26N2O4. The van der Waals surface area contributed by atoms with Crippen LogP contribution >= 0.6 is 0 Å². The fraction of sp³-hybridized carbons (Fsp3) is 0.588. The molecule has 6 heteroatoms. The van der Waals surface area contributed by atoms with Crippen molar-refractivity contribution in [2.75, 3.05) is 26.0 Å². The molecule has 0 bridgehead atoms. The van der Waals surface area contributed by atoms with Crippen LogP contribution in [0.1, 0.15) is 33.6 Å². The molecule has 1 saturated heterocycles. The third-order valence-electron chi connectivity index (χ3n) is 3.65. The van der Waals surface area contributed by atoms with Crippen LogP contribution in [0.15, 0.2) is 18.2 Å². The Morgan fingerprint density at radius 2 is 2.13 bits per heavy atom. The fourth-order valence-electron chi connectivity index (χ4n) is 2.54. The zero-order valence-electron chi connectivity index (χ0n) is 14.3. The first-order valence-electron chi connectivity index (χ1n) is 7.86. The van der Waals surface area contributed by atoms with Crippen molar-refractivity contribution in [2.24, 2.45) is 0 Å². The maximum atomic E-state index is 12.2. The van der Waals surface area contributed by atoms with Crippen LogP contribution in [0.25, 0.3) is 0 Å². The summed E-state index contributed by atoms with van der Waals surface area (Å²) in [6.07, 6.45) is 1.59. The van der Waals surface area contributed by atoms with Gasteiger partial charge in [0.05, 0.1) is 18.8 Å². The second-order valence-corrected chi connectivity index (χ2v) is 6.68. The van der Waals surface area contributed by atoms with Gasteiger partial charge in [0, 0.05) is 12.6 Å². The van der Waals surface area contributed by atoms with Gasteiger partial charge in [0.15, 0.2) is 0 Å². The number of ether oxygens (including phenoxy) is 3. The van der Waals surface area contributed by atoms with Gasteiger partial charge in [-0.2, -0.15) is 0 Å². The van der Waals surface area contributed by atoms with E-state index in [1.54, 1.807) is 30.2 Å². The molecule has 1 atom stereocenters. The van der Waals surface area contributed by atoms with Crippen molar-refractivity contribution in [1.82, 2.24) is 4.90 Å². The highest BCUT2D eigenvalue weighted by Gasteiger charge is 2.32. The van der Waals surface area contributed by atoms with E-state index in [0.29, 0.717) is 30.3 Å². The van der Waals surface area contributed by atoms with E-state index in [-0.39, 0.29) is 12.1 Å². The van der Waals surface area contributed by atoms with Crippen molar-refractivity contribution >= 4 is 11.8 Å². The van der Waals surface area contributed by atoms with Gasteiger partial charge in [-0.25, -0.2) is 4.79 Å². The summed E-state index contributed by atoms with van der Waals surface area (Å²) in [5.41, 5.74) is 5.86. The minimum Gasteiger partial charge on any atom is -0.494 e. The summed E-state index contributed by atoms with van der Waals surface area (Å²) in [7, 11) is 1.57. The fourth-order valence-corrected chi connectivity index (χ4v) is 2.54. The molecular weight excluding hydrogens is 296 g/mol. The smallest absolute Gasteiger partial charge is 0.410 e. The van der Waals surface area contributed by atoms with Gasteiger partial charge in [-0.05, 0) is 45.7 Å². The van der Waals surface area contributed by atoms with E-state index >= 15 is 0 Å². The number of amides is 1. The van der Waals surface area contributed by atoms with Gasteiger partial charge in [-0.15, -0.1) is 0 Å². The molecule has 1 heterocycles. The summed E-state index contributed by atoms with van der Waals surface area (Å²) in [4.78, 5) is 14.0. The van der Waals surface area contributed by atoms with E-state index < -0.39 is 5.60 Å². The van der Waals surface area contributed by atoms with E-state index in [0.717, 1.165) is 12.8 Å². The standard InChI is InChI=1S/C17H26N2O4/c1-17(2,3)23-16(20)19-9-5-6-12(19)11-22-13-7-8-14(18)15(10-13)21-4/h7-8,10,12H,5-6,9,11,18H2,1-4H3/t12-/m0/s1. The summed E-state index contributed by atoms with van der Waals surface area (Å²) in [5, 5.41) is 0. The minimum absolute atomic E-state index is 0.0217. The first kappa shape index (κ1) is 17.2. The van der Waals surface area contributed by atoms with E-state index in [4.69, 9.17) is 19.9 Å². The lowest BCUT2D eigenvalue weighted by molar-refractivity contribution is 0.0187. The zero-order chi connectivity index (χ0) is 17.0. The molecule has 0 aliphatic carbocycles.